The number of pyridine rings is 1. The average molecular weight is 297 g/mol. The van der Waals surface area contributed by atoms with Gasteiger partial charge in [0.25, 0.3) is 11.2 Å². The van der Waals surface area contributed by atoms with Crippen molar-refractivity contribution in [1.29, 1.82) is 0 Å². The lowest BCUT2D eigenvalue weighted by atomic mass is 10.0. The van der Waals surface area contributed by atoms with E-state index in [1.165, 1.54) is 13.0 Å². The number of amides is 1. The fraction of sp³-hybridized carbons (Fsp3) is 0.0667. The van der Waals surface area contributed by atoms with Crippen molar-refractivity contribution in [3.8, 4) is 0 Å². The lowest BCUT2D eigenvalue weighted by molar-refractivity contribution is -0.383. The average Bonchev–Trinajstić information content (AvgIpc) is 2.47. The molecule has 1 aromatic heterocycles. The predicted octanol–water partition coefficient (Wildman–Crippen LogP) is 2.55. The van der Waals surface area contributed by atoms with Gasteiger partial charge in [-0.2, -0.15) is 0 Å². The summed E-state index contributed by atoms with van der Waals surface area (Å²) in [5, 5.41) is 15.3. The Morgan fingerprint density at radius 3 is 2.50 bits per heavy atom. The van der Waals surface area contributed by atoms with Crippen molar-refractivity contribution in [1.82, 2.24) is 4.98 Å². The number of hydrogen-bond donors (Lipinski definition) is 2. The Balaban J connectivity index is 2.49. The molecule has 3 rings (SSSR count). The van der Waals surface area contributed by atoms with Crippen LogP contribution in [-0.4, -0.2) is 15.8 Å². The van der Waals surface area contributed by atoms with Crippen molar-refractivity contribution in [2.75, 3.05) is 5.32 Å². The Morgan fingerprint density at radius 2 is 1.86 bits per heavy atom. The van der Waals surface area contributed by atoms with Crippen molar-refractivity contribution in [2.45, 2.75) is 6.92 Å². The molecule has 0 aliphatic rings. The van der Waals surface area contributed by atoms with E-state index in [2.05, 4.69) is 10.3 Å². The first-order chi connectivity index (χ1) is 10.5. The van der Waals surface area contributed by atoms with Crippen LogP contribution in [0.3, 0.4) is 0 Å². The molecule has 0 saturated heterocycles. The maximum atomic E-state index is 12.1. The first-order valence-electron chi connectivity index (χ1n) is 6.48. The number of nitro benzene ring substituents is 1. The molecule has 0 fully saturated rings. The van der Waals surface area contributed by atoms with Gasteiger partial charge in [-0.25, -0.2) is 0 Å². The molecule has 0 aliphatic heterocycles. The highest BCUT2D eigenvalue weighted by Crippen LogP contribution is 2.31. The van der Waals surface area contributed by atoms with Gasteiger partial charge in [0.2, 0.25) is 5.91 Å². The Hall–Kier alpha value is -3.22. The molecule has 7 nitrogen and oxygen atoms in total. The number of non-ortho nitro benzene ring substituents is 1. The summed E-state index contributed by atoms with van der Waals surface area (Å²) in [6.07, 6.45) is 0. The number of hydrogen-bond acceptors (Lipinski definition) is 4. The van der Waals surface area contributed by atoms with E-state index in [0.717, 1.165) is 0 Å². The number of nitro groups is 1. The van der Waals surface area contributed by atoms with Crippen LogP contribution in [0.1, 0.15) is 6.92 Å². The van der Waals surface area contributed by atoms with Gasteiger partial charge in [-0.15, -0.1) is 0 Å². The minimum Gasteiger partial charge on any atom is -0.326 e. The number of H-pyrrole nitrogens is 1. The quantitative estimate of drug-likeness (QED) is 0.430. The zero-order valence-electron chi connectivity index (χ0n) is 11.5. The third-order valence-electron chi connectivity index (χ3n) is 3.33. The van der Waals surface area contributed by atoms with E-state index in [4.69, 9.17) is 0 Å². The number of nitrogens with zero attached hydrogens (tertiary/aromatic N) is 1. The van der Waals surface area contributed by atoms with Gasteiger partial charge in [0.05, 0.1) is 4.92 Å². The summed E-state index contributed by atoms with van der Waals surface area (Å²) in [4.78, 5) is 36.5. The normalized spacial score (nSPS) is 10.8. The summed E-state index contributed by atoms with van der Waals surface area (Å²) in [5.74, 6) is -0.331. The molecule has 0 saturated carbocycles. The second kappa shape index (κ2) is 4.96. The fourth-order valence-electron chi connectivity index (χ4n) is 2.49. The molecule has 110 valence electrons. The SMILES string of the molecule is CC(=O)Nc1cc([N+](=O)[O-])c2[nH]c(=O)c3ccccc3c2c1. The number of rotatable bonds is 2. The van der Waals surface area contributed by atoms with Crippen LogP contribution in [0, 0.1) is 10.1 Å². The summed E-state index contributed by atoms with van der Waals surface area (Å²) in [6.45, 7) is 1.32. The number of aromatic amines is 1. The van der Waals surface area contributed by atoms with Crippen LogP contribution < -0.4 is 10.9 Å². The Kier molecular flexibility index (Phi) is 3.10. The number of carbonyl (C=O) groups is 1. The van der Waals surface area contributed by atoms with Gasteiger partial charge in [0.1, 0.15) is 5.52 Å². The first-order valence-corrected chi connectivity index (χ1v) is 6.48. The molecule has 0 unspecified atom stereocenters. The van der Waals surface area contributed by atoms with Gasteiger partial charge < -0.3 is 10.3 Å². The van der Waals surface area contributed by atoms with E-state index in [0.29, 0.717) is 21.8 Å². The third-order valence-corrected chi connectivity index (χ3v) is 3.33. The molecule has 0 atom stereocenters. The summed E-state index contributed by atoms with van der Waals surface area (Å²) in [5.41, 5.74) is -0.200. The lowest BCUT2D eigenvalue weighted by Gasteiger charge is -2.08. The molecule has 0 bridgehead atoms. The molecule has 22 heavy (non-hydrogen) atoms. The van der Waals surface area contributed by atoms with Crippen LogP contribution in [0.4, 0.5) is 11.4 Å². The first kappa shape index (κ1) is 13.7. The molecule has 2 aromatic carbocycles. The number of anilines is 1. The van der Waals surface area contributed by atoms with Gasteiger partial charge in [0.15, 0.2) is 0 Å². The van der Waals surface area contributed by atoms with Crippen molar-refractivity contribution in [3.63, 3.8) is 0 Å². The number of fused-ring (bicyclic) bond motifs is 3. The van der Waals surface area contributed by atoms with E-state index >= 15 is 0 Å². The maximum absolute atomic E-state index is 12.1. The van der Waals surface area contributed by atoms with Gasteiger partial charge in [-0.3, -0.25) is 19.7 Å². The second-order valence-corrected chi connectivity index (χ2v) is 4.86. The van der Waals surface area contributed by atoms with Crippen molar-refractivity contribution < 1.29 is 9.72 Å². The van der Waals surface area contributed by atoms with E-state index < -0.39 is 10.5 Å². The zero-order valence-corrected chi connectivity index (χ0v) is 11.5. The van der Waals surface area contributed by atoms with Gasteiger partial charge >= 0.3 is 0 Å². The smallest absolute Gasteiger partial charge is 0.295 e. The molecule has 3 aromatic rings. The molecule has 7 heteroatoms. The highest BCUT2D eigenvalue weighted by Gasteiger charge is 2.18. The van der Waals surface area contributed by atoms with Crippen LogP contribution in [0.25, 0.3) is 21.7 Å². The van der Waals surface area contributed by atoms with Gasteiger partial charge in [0, 0.05) is 29.4 Å². The topological polar surface area (TPSA) is 105 Å². The summed E-state index contributed by atoms with van der Waals surface area (Å²) >= 11 is 0. The van der Waals surface area contributed by atoms with Crippen molar-refractivity contribution >= 4 is 39.0 Å². The number of nitrogens with one attached hydrogen (secondary N) is 2. The zero-order chi connectivity index (χ0) is 15.9. The van der Waals surface area contributed by atoms with Crippen LogP contribution in [-0.2, 0) is 4.79 Å². The summed E-state index contributed by atoms with van der Waals surface area (Å²) in [7, 11) is 0. The van der Waals surface area contributed by atoms with E-state index in [9.17, 15) is 19.7 Å². The lowest BCUT2D eigenvalue weighted by Crippen LogP contribution is -2.10. The largest absolute Gasteiger partial charge is 0.326 e. The maximum Gasteiger partial charge on any atom is 0.295 e. The van der Waals surface area contributed by atoms with Crippen LogP contribution in [0.15, 0.2) is 41.2 Å². The van der Waals surface area contributed by atoms with Crippen LogP contribution in [0.5, 0.6) is 0 Å². The van der Waals surface area contributed by atoms with E-state index in [1.54, 1.807) is 30.3 Å². The second-order valence-electron chi connectivity index (χ2n) is 4.86. The van der Waals surface area contributed by atoms with E-state index in [-0.39, 0.29) is 17.1 Å². The molecular weight excluding hydrogens is 286 g/mol. The standard InChI is InChI=1S/C15H11N3O4/c1-8(19)16-9-6-12-10-4-2-3-5-11(10)15(20)17-14(12)13(7-9)18(21)22/h2-7H,1H3,(H,16,19)(H,17,20). The molecule has 0 aliphatic carbocycles. The minimum absolute atomic E-state index is 0.141. The van der Waals surface area contributed by atoms with Crippen LogP contribution in [0.2, 0.25) is 0 Å². The Bertz CT molecular complexity index is 991. The predicted molar refractivity (Wildman–Crippen MR) is 83.0 cm³/mol. The summed E-state index contributed by atoms with van der Waals surface area (Å²) in [6, 6.07) is 9.67. The third kappa shape index (κ3) is 2.18. The number of carbonyl (C=O) groups excluding carboxylic acids is 1. The number of benzene rings is 2. The number of aromatic nitrogens is 1. The van der Waals surface area contributed by atoms with E-state index in [1.807, 2.05) is 0 Å². The summed E-state index contributed by atoms with van der Waals surface area (Å²) < 4.78 is 0. The Morgan fingerprint density at radius 1 is 1.18 bits per heavy atom. The Labute approximate surface area is 123 Å². The van der Waals surface area contributed by atoms with Crippen molar-refractivity contribution in [3.05, 3.63) is 56.9 Å². The highest BCUT2D eigenvalue weighted by atomic mass is 16.6. The van der Waals surface area contributed by atoms with Gasteiger partial charge in [-0.05, 0) is 17.5 Å². The minimum atomic E-state index is -0.585. The monoisotopic (exact) mass is 297 g/mol. The highest BCUT2D eigenvalue weighted by molar-refractivity contribution is 6.10. The van der Waals surface area contributed by atoms with Gasteiger partial charge in [-0.1, -0.05) is 18.2 Å². The molecule has 1 amide bonds. The fourth-order valence-corrected chi connectivity index (χ4v) is 2.49. The molecular formula is C15H11N3O4. The molecule has 2 N–H and O–H groups in total. The molecule has 0 radical (unpaired) electrons. The molecule has 0 spiro atoms. The van der Waals surface area contributed by atoms with Crippen molar-refractivity contribution in [2.24, 2.45) is 0 Å². The molecule has 1 heterocycles. The van der Waals surface area contributed by atoms with Crippen LogP contribution >= 0.6 is 0 Å².